The molecule has 0 aromatic carbocycles. The molecule has 2 N–H and O–H groups in total. The van der Waals surface area contributed by atoms with Crippen molar-refractivity contribution in [1.29, 1.82) is 0 Å². The van der Waals surface area contributed by atoms with Crippen LogP contribution >= 0.6 is 0 Å². The van der Waals surface area contributed by atoms with Crippen molar-refractivity contribution >= 4 is 0 Å². The van der Waals surface area contributed by atoms with Crippen molar-refractivity contribution in [1.82, 2.24) is 0 Å². The van der Waals surface area contributed by atoms with Crippen molar-refractivity contribution in [2.45, 2.75) is 45.3 Å². The molecule has 0 rings (SSSR count). The molecular weight excluding hydrogens is 167 g/mol. The third-order valence-corrected chi connectivity index (χ3v) is 2.02. The molecule has 2 atom stereocenters. The van der Waals surface area contributed by atoms with Crippen molar-refractivity contribution in [3.05, 3.63) is 0 Å². The molecular formula is C8H16F3N. The number of alkyl halides is 3. The van der Waals surface area contributed by atoms with Crippen molar-refractivity contribution in [2.75, 3.05) is 0 Å². The van der Waals surface area contributed by atoms with Crippen LogP contribution in [0.3, 0.4) is 0 Å². The van der Waals surface area contributed by atoms with Gasteiger partial charge >= 0.3 is 6.18 Å². The maximum Gasteiger partial charge on any atom is 0.389 e. The molecule has 0 aliphatic heterocycles. The fraction of sp³-hybridized carbons (Fsp3) is 1.00. The van der Waals surface area contributed by atoms with Crippen LogP contribution in [0.25, 0.3) is 0 Å². The number of hydrogen-bond acceptors (Lipinski definition) is 1. The second-order valence-corrected chi connectivity index (χ2v) is 3.34. The zero-order valence-electron chi connectivity index (χ0n) is 7.49. The lowest BCUT2D eigenvalue weighted by Gasteiger charge is -2.15. The van der Waals surface area contributed by atoms with Gasteiger partial charge in [-0.3, -0.25) is 0 Å². The molecule has 0 saturated carbocycles. The van der Waals surface area contributed by atoms with E-state index in [0.717, 1.165) is 0 Å². The summed E-state index contributed by atoms with van der Waals surface area (Å²) in [7, 11) is 0. The molecule has 0 aromatic rings. The largest absolute Gasteiger partial charge is 0.389 e. The molecule has 74 valence electrons. The van der Waals surface area contributed by atoms with E-state index in [4.69, 9.17) is 5.73 Å². The molecule has 0 fully saturated rings. The maximum atomic E-state index is 11.7. The van der Waals surface area contributed by atoms with Gasteiger partial charge in [-0.25, -0.2) is 0 Å². The van der Waals surface area contributed by atoms with Crippen LogP contribution in [0.1, 0.15) is 33.1 Å². The van der Waals surface area contributed by atoms with Crippen LogP contribution in [-0.4, -0.2) is 12.2 Å². The van der Waals surface area contributed by atoms with Crippen molar-refractivity contribution in [3.63, 3.8) is 0 Å². The molecule has 2 unspecified atom stereocenters. The van der Waals surface area contributed by atoms with Gasteiger partial charge in [-0.15, -0.1) is 0 Å². The first kappa shape index (κ1) is 11.8. The first-order valence-corrected chi connectivity index (χ1v) is 4.15. The predicted octanol–water partition coefficient (Wildman–Crippen LogP) is 2.70. The SMILES string of the molecule is CC(N)C(C)CCCC(F)(F)F. The highest BCUT2D eigenvalue weighted by Crippen LogP contribution is 2.24. The molecule has 0 amide bonds. The molecule has 0 spiro atoms. The van der Waals surface area contributed by atoms with E-state index in [1.165, 1.54) is 0 Å². The zero-order chi connectivity index (χ0) is 9.78. The summed E-state index contributed by atoms with van der Waals surface area (Å²) in [4.78, 5) is 0. The second kappa shape index (κ2) is 4.70. The summed E-state index contributed by atoms with van der Waals surface area (Å²) in [5, 5.41) is 0. The van der Waals surface area contributed by atoms with Crippen molar-refractivity contribution in [3.8, 4) is 0 Å². The Morgan fingerprint density at radius 2 is 1.75 bits per heavy atom. The number of rotatable bonds is 4. The quantitative estimate of drug-likeness (QED) is 0.712. The van der Waals surface area contributed by atoms with Gasteiger partial charge in [0.05, 0.1) is 0 Å². The summed E-state index contributed by atoms with van der Waals surface area (Å²) >= 11 is 0. The Balaban J connectivity index is 3.44. The van der Waals surface area contributed by atoms with Crippen LogP contribution in [-0.2, 0) is 0 Å². The molecule has 4 heteroatoms. The molecule has 0 aromatic heterocycles. The Kier molecular flexibility index (Phi) is 4.60. The fourth-order valence-corrected chi connectivity index (χ4v) is 0.887. The van der Waals surface area contributed by atoms with Gasteiger partial charge in [-0.05, 0) is 25.7 Å². The fourth-order valence-electron chi connectivity index (χ4n) is 0.887. The lowest BCUT2D eigenvalue weighted by Crippen LogP contribution is -2.24. The van der Waals surface area contributed by atoms with E-state index in [1.807, 2.05) is 13.8 Å². The molecule has 0 bridgehead atoms. The first-order valence-electron chi connectivity index (χ1n) is 4.15. The zero-order valence-corrected chi connectivity index (χ0v) is 7.49. The highest BCUT2D eigenvalue weighted by atomic mass is 19.4. The van der Waals surface area contributed by atoms with Crippen LogP contribution < -0.4 is 5.73 Å². The van der Waals surface area contributed by atoms with Gasteiger partial charge in [0.15, 0.2) is 0 Å². The van der Waals surface area contributed by atoms with Crippen molar-refractivity contribution in [2.24, 2.45) is 11.7 Å². The van der Waals surface area contributed by atoms with E-state index in [1.54, 1.807) is 0 Å². The molecule has 0 heterocycles. The summed E-state index contributed by atoms with van der Waals surface area (Å²) < 4.78 is 35.0. The molecule has 0 aliphatic carbocycles. The van der Waals surface area contributed by atoms with E-state index in [2.05, 4.69) is 0 Å². The Hall–Kier alpha value is -0.250. The first-order chi connectivity index (χ1) is 5.33. The second-order valence-electron chi connectivity index (χ2n) is 3.34. The van der Waals surface area contributed by atoms with Gasteiger partial charge in [0.1, 0.15) is 0 Å². The van der Waals surface area contributed by atoms with E-state index in [9.17, 15) is 13.2 Å². The van der Waals surface area contributed by atoms with E-state index in [0.29, 0.717) is 6.42 Å². The minimum absolute atomic E-state index is 0.0155. The van der Waals surface area contributed by atoms with Crippen LogP contribution in [0.2, 0.25) is 0 Å². The smallest absolute Gasteiger partial charge is 0.328 e. The van der Waals surface area contributed by atoms with Crippen LogP contribution in [0.4, 0.5) is 13.2 Å². The minimum atomic E-state index is -4.02. The summed E-state index contributed by atoms with van der Waals surface area (Å²) in [5.41, 5.74) is 5.50. The summed E-state index contributed by atoms with van der Waals surface area (Å²) in [6.45, 7) is 3.69. The summed E-state index contributed by atoms with van der Waals surface area (Å²) in [6, 6.07) is -0.0155. The average Bonchev–Trinajstić information content (AvgIpc) is 1.84. The third kappa shape index (κ3) is 6.46. The molecule has 1 nitrogen and oxygen atoms in total. The predicted molar refractivity (Wildman–Crippen MR) is 42.7 cm³/mol. The molecule has 0 radical (unpaired) electrons. The Labute approximate surface area is 71.1 Å². The Morgan fingerprint density at radius 1 is 1.25 bits per heavy atom. The van der Waals surface area contributed by atoms with E-state index in [-0.39, 0.29) is 18.4 Å². The average molecular weight is 183 g/mol. The minimum Gasteiger partial charge on any atom is -0.328 e. The number of hydrogen-bond donors (Lipinski definition) is 1. The topological polar surface area (TPSA) is 26.0 Å². The molecule has 0 aliphatic rings. The van der Waals surface area contributed by atoms with Gasteiger partial charge in [0, 0.05) is 12.5 Å². The molecule has 0 saturated heterocycles. The lowest BCUT2D eigenvalue weighted by atomic mass is 9.98. The lowest BCUT2D eigenvalue weighted by molar-refractivity contribution is -0.136. The summed E-state index contributed by atoms with van der Waals surface area (Å²) in [5.74, 6) is 0.173. The highest BCUT2D eigenvalue weighted by Gasteiger charge is 2.26. The number of nitrogens with two attached hydrogens (primary N) is 1. The van der Waals surface area contributed by atoms with Crippen LogP contribution in [0.5, 0.6) is 0 Å². The van der Waals surface area contributed by atoms with Gasteiger partial charge in [0.25, 0.3) is 0 Å². The highest BCUT2D eigenvalue weighted by molar-refractivity contribution is 4.64. The molecule has 12 heavy (non-hydrogen) atoms. The van der Waals surface area contributed by atoms with E-state index < -0.39 is 12.6 Å². The van der Waals surface area contributed by atoms with Gasteiger partial charge in [0.2, 0.25) is 0 Å². The Bertz CT molecular complexity index is 120. The maximum absolute atomic E-state index is 11.7. The van der Waals surface area contributed by atoms with E-state index >= 15 is 0 Å². The van der Waals surface area contributed by atoms with Crippen LogP contribution in [0.15, 0.2) is 0 Å². The van der Waals surface area contributed by atoms with Crippen LogP contribution in [0, 0.1) is 5.92 Å². The monoisotopic (exact) mass is 183 g/mol. The normalized spacial score (nSPS) is 17.5. The van der Waals surface area contributed by atoms with Crippen molar-refractivity contribution < 1.29 is 13.2 Å². The van der Waals surface area contributed by atoms with Gasteiger partial charge < -0.3 is 5.73 Å². The third-order valence-electron chi connectivity index (χ3n) is 2.02. The Morgan fingerprint density at radius 3 is 2.08 bits per heavy atom. The standard InChI is InChI=1S/C8H16F3N/c1-6(7(2)12)4-3-5-8(9,10)11/h6-7H,3-5,12H2,1-2H3. The number of halogens is 3. The van der Waals surface area contributed by atoms with Gasteiger partial charge in [-0.1, -0.05) is 6.92 Å². The van der Waals surface area contributed by atoms with Gasteiger partial charge in [-0.2, -0.15) is 13.2 Å². The summed E-state index contributed by atoms with van der Waals surface area (Å²) in [6.07, 6.45) is -3.97.